The Balaban J connectivity index is 1.83. The molecule has 2 aromatic rings. The number of amides is 3. The van der Waals surface area contributed by atoms with E-state index in [1.807, 2.05) is 6.07 Å². The molecular formula is C16H17N3O3S. The predicted octanol–water partition coefficient (Wildman–Crippen LogP) is 1.21. The second-order valence-corrected chi connectivity index (χ2v) is 5.61. The molecular weight excluding hydrogens is 314 g/mol. The molecule has 0 spiro atoms. The van der Waals surface area contributed by atoms with Crippen molar-refractivity contribution in [2.75, 3.05) is 6.54 Å². The minimum Gasteiger partial charge on any atom is -0.368 e. The fourth-order valence-electron chi connectivity index (χ4n) is 1.98. The van der Waals surface area contributed by atoms with Crippen LogP contribution in [0.3, 0.4) is 0 Å². The molecule has 4 N–H and O–H groups in total. The lowest BCUT2D eigenvalue weighted by atomic mass is 10.1. The number of nitrogens with two attached hydrogens (primary N) is 1. The minimum atomic E-state index is -0.878. The standard InChI is InChI=1S/C16H17N3O3S/c17-15(21)14(11-4-2-1-3-5-11)19-13(20)6-8-18-16(22)12-7-9-23-10-12/h1-5,7,9-10,14H,6,8H2,(H2,17,21)(H,18,22)(H,19,20). The van der Waals surface area contributed by atoms with Crippen LogP contribution in [0.2, 0.25) is 0 Å². The van der Waals surface area contributed by atoms with Gasteiger partial charge in [-0.05, 0) is 17.0 Å². The van der Waals surface area contributed by atoms with Crippen LogP contribution in [0.4, 0.5) is 0 Å². The van der Waals surface area contributed by atoms with Gasteiger partial charge in [0, 0.05) is 23.9 Å². The monoisotopic (exact) mass is 331 g/mol. The van der Waals surface area contributed by atoms with E-state index in [-0.39, 0.29) is 24.8 Å². The number of hydrogen-bond donors (Lipinski definition) is 3. The molecule has 2 rings (SSSR count). The van der Waals surface area contributed by atoms with Crippen LogP contribution in [0.25, 0.3) is 0 Å². The Hall–Kier alpha value is -2.67. The molecule has 1 unspecified atom stereocenters. The maximum Gasteiger partial charge on any atom is 0.252 e. The van der Waals surface area contributed by atoms with Crippen molar-refractivity contribution in [1.82, 2.24) is 10.6 Å². The molecule has 120 valence electrons. The molecule has 0 fully saturated rings. The average molecular weight is 331 g/mol. The van der Waals surface area contributed by atoms with Crippen molar-refractivity contribution in [3.8, 4) is 0 Å². The molecule has 0 aliphatic heterocycles. The van der Waals surface area contributed by atoms with E-state index in [0.29, 0.717) is 11.1 Å². The van der Waals surface area contributed by atoms with Crippen LogP contribution in [0.1, 0.15) is 28.4 Å². The minimum absolute atomic E-state index is 0.0620. The van der Waals surface area contributed by atoms with Gasteiger partial charge in [-0.1, -0.05) is 30.3 Å². The van der Waals surface area contributed by atoms with Crippen molar-refractivity contribution in [2.24, 2.45) is 5.73 Å². The summed E-state index contributed by atoms with van der Waals surface area (Å²) < 4.78 is 0. The van der Waals surface area contributed by atoms with Crippen molar-refractivity contribution in [3.05, 3.63) is 58.3 Å². The number of carbonyl (C=O) groups excluding carboxylic acids is 3. The summed E-state index contributed by atoms with van der Waals surface area (Å²) in [5.41, 5.74) is 6.52. The summed E-state index contributed by atoms with van der Waals surface area (Å²) in [6.45, 7) is 0.181. The van der Waals surface area contributed by atoms with Crippen LogP contribution in [-0.2, 0) is 9.59 Å². The van der Waals surface area contributed by atoms with E-state index < -0.39 is 11.9 Å². The van der Waals surface area contributed by atoms with Gasteiger partial charge in [-0.2, -0.15) is 11.3 Å². The van der Waals surface area contributed by atoms with E-state index in [0.717, 1.165) is 0 Å². The predicted molar refractivity (Wildman–Crippen MR) is 87.8 cm³/mol. The van der Waals surface area contributed by atoms with Gasteiger partial charge in [0.2, 0.25) is 11.8 Å². The van der Waals surface area contributed by atoms with Crippen molar-refractivity contribution in [1.29, 1.82) is 0 Å². The Labute approximate surface area is 137 Å². The van der Waals surface area contributed by atoms with Crippen LogP contribution in [0.15, 0.2) is 47.2 Å². The molecule has 0 bridgehead atoms. The molecule has 1 heterocycles. The van der Waals surface area contributed by atoms with E-state index >= 15 is 0 Å². The molecule has 1 aromatic carbocycles. The summed E-state index contributed by atoms with van der Waals surface area (Å²) in [6, 6.07) is 9.59. The summed E-state index contributed by atoms with van der Waals surface area (Å²) in [4.78, 5) is 35.2. The normalized spacial score (nSPS) is 11.5. The summed E-state index contributed by atoms with van der Waals surface area (Å²) >= 11 is 1.43. The van der Waals surface area contributed by atoms with Crippen molar-refractivity contribution < 1.29 is 14.4 Å². The summed E-state index contributed by atoms with van der Waals surface area (Å²) in [5, 5.41) is 8.76. The number of rotatable bonds is 7. The van der Waals surface area contributed by atoms with Gasteiger partial charge in [-0.15, -0.1) is 0 Å². The molecule has 0 saturated heterocycles. The van der Waals surface area contributed by atoms with Crippen LogP contribution in [0, 0.1) is 0 Å². The van der Waals surface area contributed by atoms with Crippen LogP contribution >= 0.6 is 11.3 Å². The third-order valence-corrected chi connectivity index (χ3v) is 3.83. The van der Waals surface area contributed by atoms with Crippen LogP contribution in [-0.4, -0.2) is 24.3 Å². The van der Waals surface area contributed by atoms with Crippen molar-refractivity contribution in [3.63, 3.8) is 0 Å². The molecule has 0 aliphatic carbocycles. The Kier molecular flexibility index (Phi) is 5.87. The molecule has 0 radical (unpaired) electrons. The average Bonchev–Trinajstić information content (AvgIpc) is 3.07. The highest BCUT2D eigenvalue weighted by Crippen LogP contribution is 2.12. The van der Waals surface area contributed by atoms with Crippen molar-refractivity contribution in [2.45, 2.75) is 12.5 Å². The zero-order valence-corrected chi connectivity index (χ0v) is 13.1. The van der Waals surface area contributed by atoms with Gasteiger partial charge in [0.05, 0.1) is 0 Å². The van der Waals surface area contributed by atoms with E-state index in [1.54, 1.807) is 41.1 Å². The third-order valence-electron chi connectivity index (χ3n) is 3.14. The Morgan fingerprint density at radius 3 is 2.48 bits per heavy atom. The zero-order chi connectivity index (χ0) is 16.7. The number of primary amides is 1. The fraction of sp³-hybridized carbons (Fsp3) is 0.188. The highest BCUT2D eigenvalue weighted by molar-refractivity contribution is 7.08. The number of hydrogen-bond acceptors (Lipinski definition) is 4. The Morgan fingerprint density at radius 2 is 1.87 bits per heavy atom. The van der Waals surface area contributed by atoms with Gasteiger partial charge >= 0.3 is 0 Å². The number of nitrogens with one attached hydrogen (secondary N) is 2. The first-order chi connectivity index (χ1) is 11.1. The molecule has 0 aliphatic rings. The van der Waals surface area contributed by atoms with E-state index in [4.69, 9.17) is 5.73 Å². The Morgan fingerprint density at radius 1 is 1.13 bits per heavy atom. The van der Waals surface area contributed by atoms with Crippen LogP contribution < -0.4 is 16.4 Å². The van der Waals surface area contributed by atoms with Gasteiger partial charge in [0.1, 0.15) is 6.04 Å². The first-order valence-corrected chi connectivity index (χ1v) is 7.96. The third kappa shape index (κ3) is 4.93. The zero-order valence-electron chi connectivity index (χ0n) is 12.3. The topological polar surface area (TPSA) is 101 Å². The summed E-state index contributed by atoms with van der Waals surface area (Å²) in [5.74, 6) is -1.22. The van der Waals surface area contributed by atoms with Gasteiger partial charge in [-0.3, -0.25) is 14.4 Å². The summed E-state index contributed by atoms with van der Waals surface area (Å²) in [6.07, 6.45) is 0.0620. The lowest BCUT2D eigenvalue weighted by molar-refractivity contribution is -0.127. The lowest BCUT2D eigenvalue weighted by Gasteiger charge is -2.16. The van der Waals surface area contributed by atoms with E-state index in [9.17, 15) is 14.4 Å². The van der Waals surface area contributed by atoms with Gasteiger partial charge in [-0.25, -0.2) is 0 Å². The SMILES string of the molecule is NC(=O)C(NC(=O)CCNC(=O)c1ccsc1)c1ccccc1. The molecule has 6 nitrogen and oxygen atoms in total. The van der Waals surface area contributed by atoms with Gasteiger partial charge < -0.3 is 16.4 Å². The quantitative estimate of drug-likeness (QED) is 0.711. The smallest absolute Gasteiger partial charge is 0.252 e. The Bertz CT molecular complexity index is 671. The fourth-order valence-corrected chi connectivity index (χ4v) is 2.62. The molecule has 23 heavy (non-hydrogen) atoms. The van der Waals surface area contributed by atoms with E-state index in [1.165, 1.54) is 11.3 Å². The molecule has 1 atom stereocenters. The number of carbonyl (C=O) groups is 3. The molecule has 1 aromatic heterocycles. The van der Waals surface area contributed by atoms with Crippen LogP contribution in [0.5, 0.6) is 0 Å². The maximum absolute atomic E-state index is 11.9. The highest BCUT2D eigenvalue weighted by atomic mass is 32.1. The highest BCUT2D eigenvalue weighted by Gasteiger charge is 2.19. The van der Waals surface area contributed by atoms with Crippen molar-refractivity contribution >= 4 is 29.1 Å². The maximum atomic E-state index is 11.9. The van der Waals surface area contributed by atoms with E-state index in [2.05, 4.69) is 10.6 Å². The first-order valence-electron chi connectivity index (χ1n) is 7.02. The lowest BCUT2D eigenvalue weighted by Crippen LogP contribution is -2.39. The van der Waals surface area contributed by atoms with Gasteiger partial charge in [0.15, 0.2) is 0 Å². The largest absolute Gasteiger partial charge is 0.368 e. The molecule has 3 amide bonds. The second kappa shape index (κ2) is 8.09. The summed E-state index contributed by atoms with van der Waals surface area (Å²) in [7, 11) is 0. The number of benzene rings is 1. The molecule has 0 saturated carbocycles. The van der Waals surface area contributed by atoms with Gasteiger partial charge in [0.25, 0.3) is 5.91 Å². The second-order valence-electron chi connectivity index (χ2n) is 4.83. The molecule has 7 heteroatoms. The first kappa shape index (κ1) is 16.7. The number of thiophene rings is 1.